The van der Waals surface area contributed by atoms with Crippen molar-refractivity contribution in [1.82, 2.24) is 0 Å². The van der Waals surface area contributed by atoms with E-state index in [-0.39, 0.29) is 0 Å². The highest BCUT2D eigenvalue weighted by molar-refractivity contribution is 5.16. The van der Waals surface area contributed by atoms with Crippen molar-refractivity contribution in [3.63, 3.8) is 0 Å². The zero-order chi connectivity index (χ0) is 12.1. The first-order valence-electron chi connectivity index (χ1n) is 7.04. The Morgan fingerprint density at radius 3 is 2.06 bits per heavy atom. The van der Waals surface area contributed by atoms with Crippen molar-refractivity contribution >= 4 is 0 Å². The van der Waals surface area contributed by atoms with E-state index in [1.807, 2.05) is 0 Å². The fourth-order valence-electron chi connectivity index (χ4n) is 4.31. The van der Waals surface area contributed by atoms with Crippen LogP contribution in [0.5, 0.6) is 0 Å². The molecule has 2 saturated carbocycles. The number of nitrogens with two attached hydrogens (primary N) is 1. The van der Waals surface area contributed by atoms with Gasteiger partial charge < -0.3 is 5.73 Å². The first-order chi connectivity index (χ1) is 7.28. The van der Waals surface area contributed by atoms with Gasteiger partial charge in [-0.05, 0) is 41.4 Å². The maximum Gasteiger partial charge on any atom is 0.0106 e. The Morgan fingerprint density at radius 2 is 1.62 bits per heavy atom. The van der Waals surface area contributed by atoms with Gasteiger partial charge in [0.2, 0.25) is 0 Å². The Bertz CT molecular complexity index is 253. The van der Waals surface area contributed by atoms with Crippen LogP contribution in [0.3, 0.4) is 0 Å². The molecule has 1 nitrogen and oxygen atoms in total. The Kier molecular flexibility index (Phi) is 2.89. The monoisotopic (exact) mass is 223 g/mol. The summed E-state index contributed by atoms with van der Waals surface area (Å²) in [4.78, 5) is 0. The van der Waals surface area contributed by atoms with Crippen molar-refractivity contribution in [3.8, 4) is 0 Å². The van der Waals surface area contributed by atoms with Crippen LogP contribution >= 0.6 is 0 Å². The Morgan fingerprint density at radius 1 is 1.06 bits per heavy atom. The van der Waals surface area contributed by atoms with Crippen LogP contribution in [0.15, 0.2) is 0 Å². The summed E-state index contributed by atoms with van der Waals surface area (Å²) in [5.41, 5.74) is 7.47. The molecule has 0 amide bonds. The van der Waals surface area contributed by atoms with E-state index in [1.165, 1.54) is 25.7 Å². The lowest BCUT2D eigenvalue weighted by Gasteiger charge is -2.32. The topological polar surface area (TPSA) is 26.0 Å². The standard InChI is InChI=1S/C15H29N/c1-10-7-6-8-11(9-10)12(16)13-14(2,3)15(13,4)5/h10-13H,6-9,16H2,1-5H3. The van der Waals surface area contributed by atoms with Crippen molar-refractivity contribution in [2.24, 2.45) is 34.3 Å². The van der Waals surface area contributed by atoms with E-state index in [0.29, 0.717) is 16.9 Å². The van der Waals surface area contributed by atoms with Crippen LogP contribution in [0.4, 0.5) is 0 Å². The predicted molar refractivity (Wildman–Crippen MR) is 70.1 cm³/mol. The second kappa shape index (κ2) is 3.73. The maximum absolute atomic E-state index is 6.57. The zero-order valence-corrected chi connectivity index (χ0v) is 11.7. The molecule has 2 N–H and O–H groups in total. The summed E-state index contributed by atoms with van der Waals surface area (Å²) in [5.74, 6) is 2.42. The van der Waals surface area contributed by atoms with E-state index in [0.717, 1.165) is 17.8 Å². The van der Waals surface area contributed by atoms with Crippen LogP contribution in [0.2, 0.25) is 0 Å². The number of rotatable bonds is 2. The fraction of sp³-hybridized carbons (Fsp3) is 1.00. The molecule has 0 aromatic rings. The van der Waals surface area contributed by atoms with Crippen molar-refractivity contribution in [2.45, 2.75) is 66.3 Å². The fourth-order valence-corrected chi connectivity index (χ4v) is 4.31. The second-order valence-corrected chi connectivity index (χ2v) is 7.53. The molecule has 1 heteroatoms. The summed E-state index contributed by atoms with van der Waals surface area (Å²) >= 11 is 0. The van der Waals surface area contributed by atoms with Crippen molar-refractivity contribution in [1.29, 1.82) is 0 Å². The normalized spacial score (nSPS) is 39.4. The molecule has 2 aliphatic carbocycles. The number of hydrogen-bond acceptors (Lipinski definition) is 1. The van der Waals surface area contributed by atoms with Gasteiger partial charge in [0.25, 0.3) is 0 Å². The predicted octanol–water partition coefficient (Wildman–Crippen LogP) is 3.82. The lowest BCUT2D eigenvalue weighted by atomic mass is 9.76. The molecule has 0 heterocycles. The molecule has 0 bridgehead atoms. The van der Waals surface area contributed by atoms with Crippen molar-refractivity contribution < 1.29 is 0 Å². The maximum atomic E-state index is 6.57. The van der Waals surface area contributed by atoms with Crippen LogP contribution in [-0.2, 0) is 0 Å². The molecule has 2 fully saturated rings. The minimum absolute atomic E-state index is 0.438. The average Bonchev–Trinajstić information content (AvgIpc) is 2.56. The van der Waals surface area contributed by atoms with E-state index < -0.39 is 0 Å². The van der Waals surface area contributed by atoms with E-state index in [4.69, 9.17) is 5.73 Å². The molecule has 3 unspecified atom stereocenters. The minimum atomic E-state index is 0.438. The summed E-state index contributed by atoms with van der Waals surface area (Å²) in [6.45, 7) is 12.0. The highest BCUT2D eigenvalue weighted by Crippen LogP contribution is 2.70. The third-order valence-corrected chi connectivity index (χ3v) is 6.04. The Hall–Kier alpha value is -0.0400. The van der Waals surface area contributed by atoms with Gasteiger partial charge in [0.1, 0.15) is 0 Å². The molecule has 0 aromatic heterocycles. The number of hydrogen-bond donors (Lipinski definition) is 1. The van der Waals surface area contributed by atoms with Gasteiger partial charge in [-0.3, -0.25) is 0 Å². The van der Waals surface area contributed by atoms with Gasteiger partial charge in [-0.1, -0.05) is 47.5 Å². The third kappa shape index (κ3) is 1.72. The molecule has 2 aliphatic rings. The minimum Gasteiger partial charge on any atom is -0.327 e. The largest absolute Gasteiger partial charge is 0.327 e. The molecular formula is C15H29N. The van der Waals surface area contributed by atoms with Crippen molar-refractivity contribution in [3.05, 3.63) is 0 Å². The quantitative estimate of drug-likeness (QED) is 0.756. The van der Waals surface area contributed by atoms with Gasteiger partial charge in [0.05, 0.1) is 0 Å². The molecule has 2 rings (SSSR count). The molecule has 3 atom stereocenters. The van der Waals surface area contributed by atoms with Gasteiger partial charge in [-0.15, -0.1) is 0 Å². The van der Waals surface area contributed by atoms with Gasteiger partial charge in [-0.25, -0.2) is 0 Å². The molecule has 0 aromatic carbocycles. The van der Waals surface area contributed by atoms with Gasteiger partial charge >= 0.3 is 0 Å². The first-order valence-corrected chi connectivity index (χ1v) is 7.04. The van der Waals surface area contributed by atoms with Crippen LogP contribution in [0.25, 0.3) is 0 Å². The summed E-state index contributed by atoms with van der Waals surface area (Å²) < 4.78 is 0. The Balaban J connectivity index is 2.01. The summed E-state index contributed by atoms with van der Waals surface area (Å²) in [6, 6.07) is 0.438. The molecule has 16 heavy (non-hydrogen) atoms. The van der Waals surface area contributed by atoms with E-state index in [2.05, 4.69) is 34.6 Å². The SMILES string of the molecule is CC1CCCC(C(N)C2C(C)(C)C2(C)C)C1. The smallest absolute Gasteiger partial charge is 0.0106 e. The molecule has 94 valence electrons. The average molecular weight is 223 g/mol. The molecule has 0 radical (unpaired) electrons. The first kappa shape index (κ1) is 12.4. The lowest BCUT2D eigenvalue weighted by Crippen LogP contribution is -2.37. The van der Waals surface area contributed by atoms with Gasteiger partial charge in [0.15, 0.2) is 0 Å². The van der Waals surface area contributed by atoms with Gasteiger partial charge in [0, 0.05) is 6.04 Å². The molecule has 0 aliphatic heterocycles. The zero-order valence-electron chi connectivity index (χ0n) is 11.7. The van der Waals surface area contributed by atoms with Crippen LogP contribution < -0.4 is 5.73 Å². The summed E-state index contributed by atoms with van der Waals surface area (Å²) in [6.07, 6.45) is 5.55. The summed E-state index contributed by atoms with van der Waals surface area (Å²) in [7, 11) is 0. The highest BCUT2D eigenvalue weighted by atomic mass is 14.8. The molecular weight excluding hydrogens is 194 g/mol. The second-order valence-electron chi connectivity index (χ2n) is 7.53. The third-order valence-electron chi connectivity index (χ3n) is 6.04. The Labute approximate surface area is 101 Å². The lowest BCUT2D eigenvalue weighted by molar-refractivity contribution is 0.219. The molecule has 0 saturated heterocycles. The highest BCUT2D eigenvalue weighted by Gasteiger charge is 2.67. The van der Waals surface area contributed by atoms with E-state index in [1.54, 1.807) is 0 Å². The van der Waals surface area contributed by atoms with Gasteiger partial charge in [-0.2, -0.15) is 0 Å². The molecule has 0 spiro atoms. The summed E-state index contributed by atoms with van der Waals surface area (Å²) in [5, 5.41) is 0. The van der Waals surface area contributed by atoms with Crippen LogP contribution in [0.1, 0.15) is 60.3 Å². The van der Waals surface area contributed by atoms with Crippen molar-refractivity contribution in [2.75, 3.05) is 0 Å². The van der Waals surface area contributed by atoms with E-state index in [9.17, 15) is 0 Å². The van der Waals surface area contributed by atoms with E-state index >= 15 is 0 Å². The van der Waals surface area contributed by atoms with Crippen LogP contribution in [-0.4, -0.2) is 6.04 Å². The van der Waals surface area contributed by atoms with Crippen LogP contribution in [0, 0.1) is 28.6 Å².